The van der Waals surface area contributed by atoms with E-state index in [0.717, 1.165) is 0 Å². The van der Waals surface area contributed by atoms with Crippen molar-refractivity contribution in [3.8, 4) is 0 Å². The smallest absolute Gasteiger partial charge is 0.303 e. The summed E-state index contributed by atoms with van der Waals surface area (Å²) in [7, 11) is 0. The Morgan fingerprint density at radius 2 is 2.10 bits per heavy atom. The second-order valence-corrected chi connectivity index (χ2v) is 4.47. The zero-order valence-electron chi connectivity index (χ0n) is 10.9. The van der Waals surface area contributed by atoms with Gasteiger partial charge < -0.3 is 9.63 Å². The maximum atomic E-state index is 13.5. The van der Waals surface area contributed by atoms with Crippen LogP contribution in [0.4, 0.5) is 4.39 Å². The van der Waals surface area contributed by atoms with Crippen molar-refractivity contribution >= 4 is 5.97 Å². The molecule has 1 N–H and O–H groups in total. The van der Waals surface area contributed by atoms with Crippen LogP contribution < -0.4 is 0 Å². The Balaban J connectivity index is 1.86. The Labute approximate surface area is 115 Å². The number of aryl methyl sites for hydroxylation is 1. The minimum absolute atomic E-state index is 0.135. The average molecular weight is 278 g/mol. The van der Waals surface area contributed by atoms with Crippen LogP contribution in [0.5, 0.6) is 0 Å². The highest BCUT2D eigenvalue weighted by atomic mass is 19.1. The fraction of sp³-hybridized carbons (Fsp3) is 0.357. The van der Waals surface area contributed by atoms with Crippen LogP contribution in [0.3, 0.4) is 0 Å². The normalized spacial score (nSPS) is 10.7. The molecule has 0 saturated carbocycles. The van der Waals surface area contributed by atoms with Gasteiger partial charge in [0, 0.05) is 19.3 Å². The second kappa shape index (κ2) is 6.79. The average Bonchev–Trinajstić information content (AvgIpc) is 2.85. The van der Waals surface area contributed by atoms with E-state index in [9.17, 15) is 9.18 Å². The summed E-state index contributed by atoms with van der Waals surface area (Å²) < 4.78 is 18.5. The van der Waals surface area contributed by atoms with Gasteiger partial charge in [-0.2, -0.15) is 4.98 Å². The third-order valence-electron chi connectivity index (χ3n) is 2.85. The predicted octanol–water partition coefficient (Wildman–Crippen LogP) is 2.60. The van der Waals surface area contributed by atoms with Crippen LogP contribution in [-0.4, -0.2) is 21.2 Å². The molecule has 0 radical (unpaired) electrons. The number of rotatable bonds is 7. The zero-order valence-corrected chi connectivity index (χ0v) is 10.9. The number of hydrogen-bond donors (Lipinski definition) is 1. The van der Waals surface area contributed by atoms with Crippen molar-refractivity contribution in [3.63, 3.8) is 0 Å². The molecule has 2 rings (SSSR count). The molecule has 0 saturated heterocycles. The van der Waals surface area contributed by atoms with Crippen molar-refractivity contribution in [2.24, 2.45) is 0 Å². The van der Waals surface area contributed by atoms with Crippen molar-refractivity contribution < 1.29 is 18.8 Å². The van der Waals surface area contributed by atoms with Gasteiger partial charge in [0.2, 0.25) is 5.89 Å². The van der Waals surface area contributed by atoms with Gasteiger partial charge in [0.05, 0.1) is 0 Å². The van der Waals surface area contributed by atoms with E-state index in [1.807, 2.05) is 0 Å². The molecule has 0 atom stereocenters. The number of carbonyl (C=O) groups is 1. The summed E-state index contributed by atoms with van der Waals surface area (Å²) in [5.74, 6) is -0.207. The third kappa shape index (κ3) is 4.15. The van der Waals surface area contributed by atoms with Crippen LogP contribution in [0.25, 0.3) is 0 Å². The molecule has 5 nitrogen and oxygen atoms in total. The molecule has 20 heavy (non-hydrogen) atoms. The summed E-state index contributed by atoms with van der Waals surface area (Å²) >= 11 is 0. The fourth-order valence-electron chi connectivity index (χ4n) is 1.83. The highest BCUT2D eigenvalue weighted by Gasteiger charge is 2.09. The zero-order chi connectivity index (χ0) is 14.4. The lowest BCUT2D eigenvalue weighted by atomic mass is 10.1. The first-order valence-corrected chi connectivity index (χ1v) is 6.42. The van der Waals surface area contributed by atoms with Crippen molar-refractivity contribution in [2.45, 2.75) is 32.1 Å². The Bertz CT molecular complexity index is 583. The topological polar surface area (TPSA) is 76.2 Å². The van der Waals surface area contributed by atoms with Gasteiger partial charge in [-0.25, -0.2) is 4.39 Å². The summed E-state index contributed by atoms with van der Waals surface area (Å²) in [6, 6.07) is 6.45. The van der Waals surface area contributed by atoms with E-state index < -0.39 is 5.97 Å². The molecule has 0 spiro atoms. The number of benzene rings is 1. The van der Waals surface area contributed by atoms with Gasteiger partial charge in [0.1, 0.15) is 5.82 Å². The van der Waals surface area contributed by atoms with Gasteiger partial charge in [-0.05, 0) is 24.5 Å². The van der Waals surface area contributed by atoms with Gasteiger partial charge >= 0.3 is 5.97 Å². The summed E-state index contributed by atoms with van der Waals surface area (Å²) in [4.78, 5) is 14.5. The quantitative estimate of drug-likeness (QED) is 0.788. The van der Waals surface area contributed by atoms with E-state index in [4.69, 9.17) is 9.63 Å². The molecule has 0 unspecified atom stereocenters. The van der Waals surface area contributed by atoms with E-state index in [0.29, 0.717) is 36.5 Å². The van der Waals surface area contributed by atoms with E-state index in [-0.39, 0.29) is 18.7 Å². The Kier molecular flexibility index (Phi) is 4.81. The number of carboxylic acid groups (broad SMARTS) is 1. The molecule has 0 bridgehead atoms. The Hall–Kier alpha value is -2.24. The predicted molar refractivity (Wildman–Crippen MR) is 68.7 cm³/mol. The molecule has 6 heteroatoms. The van der Waals surface area contributed by atoms with Crippen LogP contribution in [-0.2, 0) is 17.6 Å². The molecule has 1 aromatic heterocycles. The minimum Gasteiger partial charge on any atom is -0.481 e. The van der Waals surface area contributed by atoms with Crippen LogP contribution in [0, 0.1) is 5.82 Å². The van der Waals surface area contributed by atoms with Gasteiger partial charge in [-0.1, -0.05) is 23.4 Å². The summed E-state index contributed by atoms with van der Waals surface area (Å²) in [5.41, 5.74) is 0.519. The first-order valence-electron chi connectivity index (χ1n) is 6.42. The minimum atomic E-state index is -0.809. The van der Waals surface area contributed by atoms with Crippen molar-refractivity contribution in [1.82, 2.24) is 10.1 Å². The molecule has 0 fully saturated rings. The maximum Gasteiger partial charge on any atom is 0.303 e. The molecular weight excluding hydrogens is 263 g/mol. The monoisotopic (exact) mass is 278 g/mol. The van der Waals surface area contributed by atoms with Crippen LogP contribution in [0.1, 0.15) is 36.5 Å². The van der Waals surface area contributed by atoms with E-state index in [1.54, 1.807) is 18.2 Å². The first-order chi connectivity index (χ1) is 9.65. The molecule has 0 aliphatic carbocycles. The SMILES string of the molecule is O=C(O)CCCCc1nc(Cc2ccccc2F)no1. The van der Waals surface area contributed by atoms with Gasteiger partial charge in [0.15, 0.2) is 5.82 Å². The number of unbranched alkanes of at least 4 members (excludes halogenated alkanes) is 1. The van der Waals surface area contributed by atoms with Crippen molar-refractivity contribution in [1.29, 1.82) is 0 Å². The Morgan fingerprint density at radius 1 is 1.30 bits per heavy atom. The Morgan fingerprint density at radius 3 is 2.85 bits per heavy atom. The first kappa shape index (κ1) is 14.2. The lowest BCUT2D eigenvalue weighted by molar-refractivity contribution is -0.137. The summed E-state index contributed by atoms with van der Waals surface area (Å²) in [6.45, 7) is 0. The number of nitrogens with zero attached hydrogens (tertiary/aromatic N) is 2. The lowest BCUT2D eigenvalue weighted by Crippen LogP contribution is -1.96. The van der Waals surface area contributed by atoms with Gasteiger partial charge in [-0.3, -0.25) is 4.79 Å². The number of halogens is 1. The second-order valence-electron chi connectivity index (χ2n) is 4.47. The molecule has 0 amide bonds. The fourth-order valence-corrected chi connectivity index (χ4v) is 1.83. The van der Waals surface area contributed by atoms with Gasteiger partial charge in [-0.15, -0.1) is 0 Å². The van der Waals surface area contributed by atoms with Crippen molar-refractivity contribution in [2.75, 3.05) is 0 Å². The molecule has 0 aliphatic rings. The summed E-state index contributed by atoms with van der Waals surface area (Å²) in [6.07, 6.45) is 2.20. The lowest BCUT2D eigenvalue weighted by Gasteiger charge is -1.97. The van der Waals surface area contributed by atoms with Crippen LogP contribution >= 0.6 is 0 Å². The third-order valence-corrected chi connectivity index (χ3v) is 2.85. The standard InChI is InChI=1S/C14H15FN2O3/c15-11-6-2-1-5-10(11)9-12-16-13(20-17-12)7-3-4-8-14(18)19/h1-2,5-6H,3-4,7-9H2,(H,18,19). The van der Waals surface area contributed by atoms with E-state index in [1.165, 1.54) is 6.07 Å². The van der Waals surface area contributed by atoms with Gasteiger partial charge in [0.25, 0.3) is 0 Å². The number of hydrogen-bond acceptors (Lipinski definition) is 4. The molecule has 106 valence electrons. The molecule has 1 aromatic carbocycles. The number of aliphatic carboxylic acids is 1. The highest BCUT2D eigenvalue weighted by molar-refractivity contribution is 5.66. The van der Waals surface area contributed by atoms with Crippen molar-refractivity contribution in [3.05, 3.63) is 47.4 Å². The molecular formula is C14H15FN2O3. The van der Waals surface area contributed by atoms with E-state index >= 15 is 0 Å². The number of aromatic nitrogens is 2. The number of carboxylic acids is 1. The van der Waals surface area contributed by atoms with Crippen LogP contribution in [0.2, 0.25) is 0 Å². The van der Waals surface area contributed by atoms with E-state index in [2.05, 4.69) is 10.1 Å². The molecule has 0 aliphatic heterocycles. The van der Waals surface area contributed by atoms with Crippen LogP contribution in [0.15, 0.2) is 28.8 Å². The largest absolute Gasteiger partial charge is 0.481 e. The molecule has 2 aromatic rings. The summed E-state index contributed by atoms with van der Waals surface area (Å²) in [5, 5.41) is 12.3. The maximum absolute atomic E-state index is 13.5. The highest BCUT2D eigenvalue weighted by Crippen LogP contribution is 2.12. The molecule has 1 heterocycles.